The number of nitrogens with zero attached hydrogens (tertiary/aromatic N) is 6. The fourth-order valence-electron chi connectivity index (χ4n) is 6.47. The van der Waals surface area contributed by atoms with E-state index in [0.29, 0.717) is 135 Å². The molecule has 3 aromatic carbocycles. The number of hydrogen-bond donors (Lipinski definition) is 0. The maximum Gasteiger partial charge on any atom is 0.229 e. The maximum atomic E-state index is 6.68. The van der Waals surface area contributed by atoms with Crippen molar-refractivity contribution in [1.29, 1.82) is 0 Å². The van der Waals surface area contributed by atoms with E-state index in [1.807, 2.05) is 23.6 Å². The zero-order valence-electron chi connectivity index (χ0n) is 33.4. The Morgan fingerprint density at radius 1 is 0.596 bits per heavy atom. The fraction of sp³-hybridized carbons (Fsp3) is 0.500. The zero-order valence-corrected chi connectivity index (χ0v) is 34.3. The molecule has 14 nitrogen and oxygen atoms in total. The normalized spacial score (nSPS) is 17.4. The van der Waals surface area contributed by atoms with Gasteiger partial charge in [0.25, 0.3) is 0 Å². The minimum atomic E-state index is 0.364. The molecule has 1 saturated heterocycles. The molecule has 0 aliphatic carbocycles. The molecule has 1 fully saturated rings. The third-order valence-electron chi connectivity index (χ3n) is 9.42. The first-order valence-electron chi connectivity index (χ1n) is 19.7. The molecule has 0 unspecified atom stereocenters. The molecular weight excluding hydrogens is 749 g/mol. The molecule has 3 aliphatic heterocycles. The van der Waals surface area contributed by atoms with Gasteiger partial charge in [0.1, 0.15) is 37.1 Å². The second-order valence-corrected chi connectivity index (χ2v) is 14.4. The van der Waals surface area contributed by atoms with Gasteiger partial charge in [-0.2, -0.15) is 0 Å². The smallest absolute Gasteiger partial charge is 0.229 e. The predicted octanol–water partition coefficient (Wildman–Crippen LogP) is 6.87. The van der Waals surface area contributed by atoms with Crippen LogP contribution in [0.3, 0.4) is 0 Å². The number of hydrogen-bond acceptors (Lipinski definition) is 15. The molecule has 4 aromatic rings. The number of fused-ring (bicyclic) bond motifs is 20. The van der Waals surface area contributed by atoms with Gasteiger partial charge in [0.05, 0.1) is 95.3 Å². The number of methoxy groups -OCH3 is 1. The quantitative estimate of drug-likeness (QED) is 0.110. The van der Waals surface area contributed by atoms with E-state index in [4.69, 9.17) is 37.9 Å². The van der Waals surface area contributed by atoms with Gasteiger partial charge >= 0.3 is 0 Å². The molecule has 0 spiro atoms. The second kappa shape index (κ2) is 23.0. The van der Waals surface area contributed by atoms with Gasteiger partial charge in [-0.1, -0.05) is 12.1 Å². The molecule has 0 N–H and O–H groups in total. The highest BCUT2D eigenvalue weighted by atomic mass is 32.1. The average Bonchev–Trinajstić information content (AvgIpc) is 3.74. The van der Waals surface area contributed by atoms with Crippen LogP contribution in [0.5, 0.6) is 17.2 Å². The van der Waals surface area contributed by atoms with Crippen LogP contribution in [0.2, 0.25) is 0 Å². The van der Waals surface area contributed by atoms with Crippen LogP contribution in [0.15, 0.2) is 76.4 Å². The number of anilines is 3. The molecule has 57 heavy (non-hydrogen) atoms. The van der Waals surface area contributed by atoms with Crippen LogP contribution in [0.1, 0.15) is 11.1 Å². The van der Waals surface area contributed by atoms with E-state index >= 15 is 0 Å². The Morgan fingerprint density at radius 2 is 1.11 bits per heavy atom. The van der Waals surface area contributed by atoms with Crippen LogP contribution in [0, 0.1) is 13.8 Å². The van der Waals surface area contributed by atoms with Gasteiger partial charge in [-0.15, -0.1) is 21.6 Å². The topological polar surface area (TPSA) is 121 Å². The molecule has 308 valence electrons. The van der Waals surface area contributed by atoms with E-state index in [1.54, 1.807) is 13.3 Å². The average molecular weight is 805 g/mol. The highest BCUT2D eigenvalue weighted by Crippen LogP contribution is 2.35. The Kier molecular flexibility index (Phi) is 17.0. The summed E-state index contributed by atoms with van der Waals surface area (Å²) in [6.07, 6.45) is 1.71. The van der Waals surface area contributed by atoms with Crippen molar-refractivity contribution in [2.45, 2.75) is 13.8 Å². The van der Waals surface area contributed by atoms with E-state index in [9.17, 15) is 0 Å². The van der Waals surface area contributed by atoms with Crippen molar-refractivity contribution in [3.05, 3.63) is 77.3 Å². The van der Waals surface area contributed by atoms with Crippen molar-refractivity contribution in [2.24, 2.45) is 10.2 Å². The Bertz CT molecular complexity index is 1720. The van der Waals surface area contributed by atoms with Gasteiger partial charge < -0.3 is 52.6 Å². The molecule has 3 aliphatic rings. The first-order valence-corrected chi connectivity index (χ1v) is 20.5. The standard InChI is InChI=1S/C42H56N6O8S/c1-33-4-7-36-39(30-33)54-21-15-48(38-9-6-35(32-41(38)56-28-23-49-3)44-45-42-43-10-29-57-42)16-22-55-40-31-34(2)5-8-37(40)47-13-19-52-26-24-50-17-11-46(36)12-18-51-25-27-53-20-14-47/h4-10,29-32H,11-28H2,1-3H3. The number of aromatic nitrogens is 1. The molecule has 2 bridgehead atoms. The number of benzene rings is 3. The highest BCUT2D eigenvalue weighted by Gasteiger charge is 2.19. The summed E-state index contributed by atoms with van der Waals surface area (Å²) in [5.41, 5.74) is 5.72. The Hall–Kier alpha value is -4.51. The number of thiazole rings is 1. The third kappa shape index (κ3) is 13.3. The summed E-state index contributed by atoms with van der Waals surface area (Å²) in [5.74, 6) is 2.26. The summed E-state index contributed by atoms with van der Waals surface area (Å²) >= 11 is 1.43. The Labute approximate surface area is 340 Å². The van der Waals surface area contributed by atoms with Crippen molar-refractivity contribution in [3.8, 4) is 17.2 Å². The molecule has 0 saturated carbocycles. The highest BCUT2D eigenvalue weighted by molar-refractivity contribution is 7.13. The van der Waals surface area contributed by atoms with E-state index in [2.05, 4.69) is 80.2 Å². The maximum absolute atomic E-state index is 6.68. The molecule has 4 heterocycles. The minimum Gasteiger partial charge on any atom is -0.490 e. The third-order valence-corrected chi connectivity index (χ3v) is 10.1. The number of aryl methyl sites for hydroxylation is 2. The van der Waals surface area contributed by atoms with Crippen LogP contribution < -0.4 is 28.9 Å². The lowest BCUT2D eigenvalue weighted by Gasteiger charge is -2.29. The van der Waals surface area contributed by atoms with Crippen LogP contribution in [-0.4, -0.2) is 131 Å². The summed E-state index contributed by atoms with van der Waals surface area (Å²) in [4.78, 5) is 11.0. The van der Waals surface area contributed by atoms with E-state index in [0.717, 1.165) is 39.7 Å². The van der Waals surface area contributed by atoms with Crippen molar-refractivity contribution < 1.29 is 37.9 Å². The first-order chi connectivity index (χ1) is 28.1. The Morgan fingerprint density at radius 3 is 1.61 bits per heavy atom. The van der Waals surface area contributed by atoms with E-state index < -0.39 is 0 Å². The fourth-order valence-corrected chi connectivity index (χ4v) is 6.92. The van der Waals surface area contributed by atoms with Gasteiger partial charge in [0, 0.05) is 50.9 Å². The summed E-state index contributed by atoms with van der Waals surface area (Å²) < 4.78 is 49.3. The lowest BCUT2D eigenvalue weighted by molar-refractivity contribution is 0.0435. The number of rotatable bonds is 7. The summed E-state index contributed by atoms with van der Waals surface area (Å²) in [6.45, 7) is 13.7. The van der Waals surface area contributed by atoms with Crippen molar-refractivity contribution in [3.63, 3.8) is 0 Å². The predicted molar refractivity (Wildman–Crippen MR) is 223 cm³/mol. The molecule has 7 rings (SSSR count). The van der Waals surface area contributed by atoms with Crippen LogP contribution in [-0.2, 0) is 23.7 Å². The van der Waals surface area contributed by atoms with Gasteiger partial charge in [0.2, 0.25) is 5.13 Å². The van der Waals surface area contributed by atoms with Crippen LogP contribution >= 0.6 is 11.3 Å². The molecule has 0 radical (unpaired) electrons. The van der Waals surface area contributed by atoms with Gasteiger partial charge in [0.15, 0.2) is 0 Å². The lowest BCUT2D eigenvalue weighted by atomic mass is 10.2. The largest absolute Gasteiger partial charge is 0.490 e. The van der Waals surface area contributed by atoms with Crippen molar-refractivity contribution in [2.75, 3.05) is 140 Å². The lowest BCUT2D eigenvalue weighted by Crippen LogP contribution is -2.34. The molecular formula is C42H56N6O8S. The van der Waals surface area contributed by atoms with Gasteiger partial charge in [-0.3, -0.25) is 0 Å². The SMILES string of the molecule is COCCOc1cc(N=Nc2nccs2)ccc1N1CCOc2cc(C)ccc2N2CCOCCOCCN(CCOCCOCC2)c2ccc(C)cc2OCC1. The molecule has 0 atom stereocenters. The molecule has 0 amide bonds. The first kappa shape index (κ1) is 42.1. The molecule has 15 heteroatoms. The van der Waals surface area contributed by atoms with Crippen molar-refractivity contribution in [1.82, 2.24) is 4.98 Å². The van der Waals surface area contributed by atoms with Gasteiger partial charge in [-0.05, 0) is 61.4 Å². The van der Waals surface area contributed by atoms with Crippen LogP contribution in [0.4, 0.5) is 27.9 Å². The summed E-state index contributed by atoms with van der Waals surface area (Å²) in [5, 5.41) is 11.2. The monoisotopic (exact) mass is 804 g/mol. The van der Waals surface area contributed by atoms with Crippen molar-refractivity contribution >= 4 is 39.2 Å². The summed E-state index contributed by atoms with van der Waals surface area (Å²) in [6, 6.07) is 18.5. The number of azo groups is 1. The zero-order chi connectivity index (χ0) is 39.5. The summed E-state index contributed by atoms with van der Waals surface area (Å²) in [7, 11) is 1.66. The Balaban J connectivity index is 1.35. The molecule has 1 aromatic heterocycles. The van der Waals surface area contributed by atoms with E-state index in [1.165, 1.54) is 11.3 Å². The second-order valence-electron chi connectivity index (χ2n) is 13.6. The van der Waals surface area contributed by atoms with E-state index in [-0.39, 0.29) is 0 Å². The van der Waals surface area contributed by atoms with Crippen LogP contribution in [0.25, 0.3) is 0 Å². The minimum absolute atomic E-state index is 0.364. The van der Waals surface area contributed by atoms with Gasteiger partial charge in [-0.25, -0.2) is 4.98 Å². The number of ether oxygens (including phenoxy) is 8.